The summed E-state index contributed by atoms with van der Waals surface area (Å²) in [4.78, 5) is 25.0. The Bertz CT molecular complexity index is 1020. The molecule has 8 nitrogen and oxygen atoms in total. The Morgan fingerprint density at radius 1 is 0.615 bits per heavy atom. The summed E-state index contributed by atoms with van der Waals surface area (Å²) in [5, 5.41) is 0. The van der Waals surface area contributed by atoms with Crippen molar-refractivity contribution in [3.63, 3.8) is 0 Å². The molecule has 2 atom stereocenters. The number of hydrogen-bond acceptors (Lipinski definition) is 7. The lowest BCUT2D eigenvalue weighted by Gasteiger charge is -2.28. The van der Waals surface area contributed by atoms with Gasteiger partial charge in [-0.3, -0.25) is 9.36 Å². The van der Waals surface area contributed by atoms with Crippen molar-refractivity contribution in [2.45, 2.75) is 155 Å². The van der Waals surface area contributed by atoms with Crippen LogP contribution in [-0.4, -0.2) is 70.7 Å². The summed E-state index contributed by atoms with van der Waals surface area (Å²) < 4.78 is 34.4. The number of hydrogen-bond donors (Lipinski definition) is 0. The molecule has 0 heterocycles. The summed E-state index contributed by atoms with van der Waals surface area (Å²) in [6, 6.07) is 0. The van der Waals surface area contributed by atoms with Crippen LogP contribution in [0.1, 0.15) is 149 Å². The second-order valence-electron chi connectivity index (χ2n) is 14.6. The third-order valence-corrected chi connectivity index (χ3v) is 9.32. The van der Waals surface area contributed by atoms with Crippen LogP contribution in [0.3, 0.4) is 0 Å². The molecule has 0 amide bonds. The average molecular weight is 752 g/mol. The van der Waals surface area contributed by atoms with Gasteiger partial charge in [-0.05, 0) is 44.9 Å². The number of carbonyl (C=O) groups is 1. The number of phosphoric acid groups is 1. The van der Waals surface area contributed by atoms with Crippen LogP contribution in [0.15, 0.2) is 60.8 Å². The third-order valence-electron chi connectivity index (χ3n) is 8.35. The van der Waals surface area contributed by atoms with Crippen molar-refractivity contribution in [3.05, 3.63) is 60.8 Å². The Morgan fingerprint density at radius 3 is 1.56 bits per heavy atom. The van der Waals surface area contributed by atoms with Crippen molar-refractivity contribution in [3.8, 4) is 0 Å². The second kappa shape index (κ2) is 36.2. The summed E-state index contributed by atoms with van der Waals surface area (Å²) in [7, 11) is 1.31. The van der Waals surface area contributed by atoms with Crippen molar-refractivity contribution in [2.24, 2.45) is 0 Å². The van der Waals surface area contributed by atoms with Gasteiger partial charge in [0.1, 0.15) is 19.3 Å². The molecule has 0 aromatic rings. The lowest BCUT2D eigenvalue weighted by atomic mass is 10.0. The van der Waals surface area contributed by atoms with Crippen LogP contribution in [0.5, 0.6) is 0 Å². The number of esters is 1. The molecule has 9 heteroatoms. The first-order chi connectivity index (χ1) is 25.1. The zero-order chi connectivity index (χ0) is 38.4. The minimum Gasteiger partial charge on any atom is -0.756 e. The molecule has 0 rings (SSSR count). The van der Waals surface area contributed by atoms with Gasteiger partial charge in [0.05, 0.1) is 41.0 Å². The minimum atomic E-state index is -4.54. The highest BCUT2D eigenvalue weighted by Crippen LogP contribution is 2.38. The molecule has 0 saturated carbocycles. The molecule has 0 aliphatic rings. The first-order valence-electron chi connectivity index (χ1n) is 20.5. The van der Waals surface area contributed by atoms with E-state index in [0.29, 0.717) is 30.5 Å². The highest BCUT2D eigenvalue weighted by molar-refractivity contribution is 7.45. The Balaban J connectivity index is 4.40. The van der Waals surface area contributed by atoms with E-state index in [1.807, 2.05) is 21.1 Å². The maximum atomic E-state index is 12.6. The van der Waals surface area contributed by atoms with Crippen LogP contribution < -0.4 is 4.89 Å². The maximum Gasteiger partial charge on any atom is 0.306 e. The predicted octanol–water partition coefficient (Wildman–Crippen LogP) is 11.1. The van der Waals surface area contributed by atoms with Gasteiger partial charge in [-0.15, -0.1) is 0 Å². The van der Waals surface area contributed by atoms with Gasteiger partial charge in [-0.2, -0.15) is 0 Å². The van der Waals surface area contributed by atoms with E-state index in [9.17, 15) is 14.3 Å². The molecular formula is C43H78NO7P. The smallest absolute Gasteiger partial charge is 0.306 e. The van der Waals surface area contributed by atoms with Gasteiger partial charge in [0.2, 0.25) is 0 Å². The van der Waals surface area contributed by atoms with Crippen molar-refractivity contribution in [2.75, 3.05) is 54.1 Å². The fourth-order valence-corrected chi connectivity index (χ4v) is 5.93. The van der Waals surface area contributed by atoms with E-state index >= 15 is 0 Å². The van der Waals surface area contributed by atoms with E-state index in [1.54, 1.807) is 0 Å². The molecule has 0 bridgehead atoms. The zero-order valence-electron chi connectivity index (χ0n) is 34.0. The van der Waals surface area contributed by atoms with Crippen LogP contribution >= 0.6 is 7.82 Å². The summed E-state index contributed by atoms with van der Waals surface area (Å²) in [5.41, 5.74) is 0. The second-order valence-corrected chi connectivity index (χ2v) is 16.0. The largest absolute Gasteiger partial charge is 0.756 e. The lowest BCUT2D eigenvalue weighted by Crippen LogP contribution is -2.37. The highest BCUT2D eigenvalue weighted by atomic mass is 31.2. The number of rotatable bonds is 37. The fraction of sp³-hybridized carbons (Fsp3) is 0.744. The van der Waals surface area contributed by atoms with Gasteiger partial charge in [0.15, 0.2) is 0 Å². The van der Waals surface area contributed by atoms with Crippen LogP contribution in [0, 0.1) is 0 Å². The average Bonchev–Trinajstić information content (AvgIpc) is 3.09. The SMILES string of the molecule is CC/C=C\C/C=C\C/C=C\C/C=C\C/C=C\CCOCC(COP(=O)([O-])OCC[N+](C)(C)C)OC(=O)CCCCCCCCCCCCCCCC. The van der Waals surface area contributed by atoms with Gasteiger partial charge in [-0.1, -0.05) is 158 Å². The number of quaternary nitrogens is 1. The van der Waals surface area contributed by atoms with Gasteiger partial charge < -0.3 is 27.9 Å². The van der Waals surface area contributed by atoms with Gasteiger partial charge in [-0.25, -0.2) is 0 Å². The quantitative estimate of drug-likeness (QED) is 0.0205. The number of allylic oxidation sites excluding steroid dienone is 9. The summed E-state index contributed by atoms with van der Waals surface area (Å²) in [5.74, 6) is -0.361. The number of phosphoric ester groups is 1. The van der Waals surface area contributed by atoms with Gasteiger partial charge in [0.25, 0.3) is 7.82 Å². The number of carbonyl (C=O) groups excluding carboxylic acids is 1. The molecule has 0 N–H and O–H groups in total. The molecule has 0 saturated heterocycles. The van der Waals surface area contributed by atoms with Gasteiger partial charge >= 0.3 is 5.97 Å². The first kappa shape index (κ1) is 50.2. The van der Waals surface area contributed by atoms with E-state index in [2.05, 4.69) is 74.6 Å². The first-order valence-corrected chi connectivity index (χ1v) is 22.0. The number of ether oxygens (including phenoxy) is 2. The van der Waals surface area contributed by atoms with Crippen LogP contribution in [0.25, 0.3) is 0 Å². The molecule has 2 unspecified atom stereocenters. The highest BCUT2D eigenvalue weighted by Gasteiger charge is 2.20. The normalized spacial score (nSPS) is 14.5. The summed E-state index contributed by atoms with van der Waals surface area (Å²) in [6.45, 7) is 5.06. The van der Waals surface area contributed by atoms with E-state index in [-0.39, 0.29) is 25.8 Å². The summed E-state index contributed by atoms with van der Waals surface area (Å²) >= 11 is 0. The number of likely N-dealkylation sites (N-methyl/N-ethyl adjacent to an activating group) is 1. The molecule has 0 radical (unpaired) electrons. The van der Waals surface area contributed by atoms with Gasteiger partial charge in [0, 0.05) is 6.42 Å². The van der Waals surface area contributed by atoms with Crippen LogP contribution in [0.4, 0.5) is 0 Å². The van der Waals surface area contributed by atoms with E-state index in [1.165, 1.54) is 70.6 Å². The predicted molar refractivity (Wildman–Crippen MR) is 217 cm³/mol. The molecular weight excluding hydrogens is 673 g/mol. The van der Waals surface area contributed by atoms with Crippen molar-refractivity contribution >= 4 is 13.8 Å². The molecule has 0 aromatic carbocycles. The van der Waals surface area contributed by atoms with Crippen LogP contribution in [0.2, 0.25) is 0 Å². The standard InChI is InChI=1S/C43H78NO7P/c1-6-8-10-12-14-16-18-20-22-23-25-27-29-31-33-35-38-48-40-42(41-50-52(46,47)49-39-37-44(3,4)5)51-43(45)36-34-32-30-28-26-24-21-19-17-15-13-11-9-7-2/h8,10,14,16,20,22,25,27,31,33,42H,6-7,9,11-13,15,17-19,21,23-24,26,28-30,32,34-41H2,1-5H3/b10-8-,16-14-,22-20-,27-25-,33-31-. The fourth-order valence-electron chi connectivity index (χ4n) is 5.20. The zero-order valence-corrected chi connectivity index (χ0v) is 34.9. The van der Waals surface area contributed by atoms with Crippen molar-refractivity contribution < 1.29 is 37.3 Å². The van der Waals surface area contributed by atoms with Crippen molar-refractivity contribution in [1.82, 2.24) is 0 Å². The van der Waals surface area contributed by atoms with E-state index in [0.717, 1.165) is 51.4 Å². The Labute approximate surface area is 320 Å². The lowest BCUT2D eigenvalue weighted by molar-refractivity contribution is -0.870. The number of nitrogens with zero attached hydrogens (tertiary/aromatic N) is 1. The Hall–Kier alpha value is -1.80. The van der Waals surface area contributed by atoms with E-state index < -0.39 is 13.9 Å². The molecule has 52 heavy (non-hydrogen) atoms. The number of unbranched alkanes of at least 4 members (excludes halogenated alkanes) is 13. The summed E-state index contributed by atoms with van der Waals surface area (Å²) in [6.07, 6.45) is 44.0. The van der Waals surface area contributed by atoms with Crippen LogP contribution in [-0.2, 0) is 27.9 Å². The van der Waals surface area contributed by atoms with Crippen molar-refractivity contribution in [1.29, 1.82) is 0 Å². The minimum absolute atomic E-state index is 0.0115. The Kier molecular flexibility index (Phi) is 34.9. The molecule has 0 aliphatic carbocycles. The topological polar surface area (TPSA) is 94.1 Å². The maximum absolute atomic E-state index is 12.6. The molecule has 0 fully saturated rings. The molecule has 0 aliphatic heterocycles. The monoisotopic (exact) mass is 752 g/mol. The molecule has 302 valence electrons. The molecule has 0 spiro atoms. The molecule has 0 aromatic heterocycles. The van der Waals surface area contributed by atoms with E-state index in [4.69, 9.17) is 18.5 Å². The Morgan fingerprint density at radius 2 is 1.08 bits per heavy atom. The third kappa shape index (κ3) is 39.4.